The second-order valence-corrected chi connectivity index (χ2v) is 3.68. The Morgan fingerprint density at radius 2 is 2.23 bits per heavy atom. The maximum Gasteiger partial charge on any atom is 0.137 e. The lowest BCUT2D eigenvalue weighted by Crippen LogP contribution is -2.36. The average Bonchev–Trinajstić information content (AvgIpc) is 2.79. The summed E-state index contributed by atoms with van der Waals surface area (Å²) >= 11 is 0. The highest BCUT2D eigenvalue weighted by Crippen LogP contribution is 2.34. The monoisotopic (exact) mass is 185 g/mol. The first-order valence-corrected chi connectivity index (χ1v) is 5.02. The van der Waals surface area contributed by atoms with Gasteiger partial charge in [0.25, 0.3) is 0 Å². The molecular formula is C10H19NO2. The second kappa shape index (κ2) is 5.35. The van der Waals surface area contributed by atoms with Crippen molar-refractivity contribution in [2.75, 3.05) is 13.7 Å². The van der Waals surface area contributed by atoms with Gasteiger partial charge in [-0.15, -0.1) is 0 Å². The molecule has 2 rings (SSSR count). The highest BCUT2D eigenvalue weighted by atomic mass is 16.5. The maximum absolute atomic E-state index is 10.3. The standard InChI is InChI=1S/C7H11NO.C3H8O/c9-4-7-5-1-2-6(3-5)8-7;1-3-4-2/h4-8H,1-3H2;3H2,1-2H3. The van der Waals surface area contributed by atoms with Gasteiger partial charge in [-0.05, 0) is 32.1 Å². The lowest BCUT2D eigenvalue weighted by atomic mass is 10.0. The van der Waals surface area contributed by atoms with Crippen LogP contribution in [0.2, 0.25) is 0 Å². The Kier molecular flexibility index (Phi) is 4.39. The van der Waals surface area contributed by atoms with Crippen molar-refractivity contribution in [1.29, 1.82) is 0 Å². The Labute approximate surface area is 79.8 Å². The minimum absolute atomic E-state index is 0.198. The van der Waals surface area contributed by atoms with Crippen LogP contribution < -0.4 is 5.32 Å². The van der Waals surface area contributed by atoms with E-state index in [1.807, 2.05) is 6.92 Å². The molecule has 1 aliphatic heterocycles. The predicted octanol–water partition coefficient (Wildman–Crippen LogP) is 0.978. The molecule has 3 nitrogen and oxygen atoms in total. The van der Waals surface area contributed by atoms with Crippen molar-refractivity contribution in [3.63, 3.8) is 0 Å². The Hall–Kier alpha value is -0.410. The number of methoxy groups -OCH3 is 1. The summed E-state index contributed by atoms with van der Waals surface area (Å²) < 4.78 is 4.54. The normalized spacial score (nSPS) is 35.4. The number of hydrogen-bond donors (Lipinski definition) is 1. The van der Waals surface area contributed by atoms with E-state index in [2.05, 4.69) is 10.1 Å². The molecule has 3 unspecified atom stereocenters. The summed E-state index contributed by atoms with van der Waals surface area (Å²) in [5.41, 5.74) is 0. The van der Waals surface area contributed by atoms with E-state index in [1.54, 1.807) is 7.11 Å². The van der Waals surface area contributed by atoms with E-state index in [0.717, 1.165) is 12.9 Å². The number of piperidine rings is 1. The second-order valence-electron chi connectivity index (χ2n) is 3.68. The summed E-state index contributed by atoms with van der Waals surface area (Å²) in [4.78, 5) is 10.3. The Bertz CT molecular complexity index is 159. The first kappa shape index (κ1) is 10.7. The van der Waals surface area contributed by atoms with Crippen LogP contribution in [0.1, 0.15) is 26.2 Å². The van der Waals surface area contributed by atoms with Crippen LogP contribution in [0.3, 0.4) is 0 Å². The number of carbonyl (C=O) groups excluding carboxylic acids is 1. The van der Waals surface area contributed by atoms with Crippen LogP contribution in [-0.2, 0) is 9.53 Å². The van der Waals surface area contributed by atoms with E-state index >= 15 is 0 Å². The van der Waals surface area contributed by atoms with Crippen molar-refractivity contribution in [3.8, 4) is 0 Å². The molecule has 76 valence electrons. The van der Waals surface area contributed by atoms with Crippen LogP contribution in [0.15, 0.2) is 0 Å². The number of fused-ring (bicyclic) bond motifs is 2. The number of ether oxygens (including phenoxy) is 1. The fourth-order valence-electron chi connectivity index (χ4n) is 2.05. The number of rotatable bonds is 2. The molecule has 0 amide bonds. The molecule has 1 heterocycles. The quantitative estimate of drug-likeness (QED) is 0.652. The fraction of sp³-hybridized carbons (Fsp3) is 0.900. The molecule has 3 heteroatoms. The zero-order chi connectivity index (χ0) is 9.68. The van der Waals surface area contributed by atoms with Gasteiger partial charge in [0.1, 0.15) is 6.29 Å². The number of nitrogens with one attached hydrogen (secondary N) is 1. The zero-order valence-corrected chi connectivity index (χ0v) is 8.45. The summed E-state index contributed by atoms with van der Waals surface area (Å²) in [5.74, 6) is 0.674. The minimum atomic E-state index is 0.198. The Morgan fingerprint density at radius 1 is 1.54 bits per heavy atom. The van der Waals surface area contributed by atoms with Gasteiger partial charge in [0.2, 0.25) is 0 Å². The molecule has 1 N–H and O–H groups in total. The zero-order valence-electron chi connectivity index (χ0n) is 8.45. The van der Waals surface area contributed by atoms with Gasteiger partial charge >= 0.3 is 0 Å². The van der Waals surface area contributed by atoms with Crippen LogP contribution >= 0.6 is 0 Å². The number of carbonyl (C=O) groups is 1. The van der Waals surface area contributed by atoms with Crippen LogP contribution in [0.25, 0.3) is 0 Å². The molecule has 13 heavy (non-hydrogen) atoms. The third kappa shape index (κ3) is 2.78. The summed E-state index contributed by atoms with van der Waals surface area (Å²) in [6.07, 6.45) is 4.85. The SMILES string of the molecule is CCOC.O=CC1NC2CCC1C2. The molecule has 2 bridgehead atoms. The largest absolute Gasteiger partial charge is 0.385 e. The smallest absolute Gasteiger partial charge is 0.137 e. The van der Waals surface area contributed by atoms with Crippen LogP contribution in [0.4, 0.5) is 0 Å². The van der Waals surface area contributed by atoms with Gasteiger partial charge in [-0.1, -0.05) is 0 Å². The molecule has 0 aromatic carbocycles. The van der Waals surface area contributed by atoms with Gasteiger partial charge in [0, 0.05) is 19.8 Å². The van der Waals surface area contributed by atoms with Crippen molar-refractivity contribution >= 4 is 6.29 Å². The van der Waals surface area contributed by atoms with E-state index in [9.17, 15) is 4.79 Å². The van der Waals surface area contributed by atoms with E-state index in [0.29, 0.717) is 12.0 Å². The van der Waals surface area contributed by atoms with E-state index < -0.39 is 0 Å². The van der Waals surface area contributed by atoms with Gasteiger partial charge in [-0.3, -0.25) is 0 Å². The average molecular weight is 185 g/mol. The Morgan fingerprint density at radius 3 is 2.46 bits per heavy atom. The van der Waals surface area contributed by atoms with E-state index in [1.165, 1.54) is 19.3 Å². The molecule has 1 aliphatic carbocycles. The molecule has 0 aromatic heterocycles. The molecule has 0 spiro atoms. The summed E-state index contributed by atoms with van der Waals surface area (Å²) in [5, 5.41) is 3.27. The highest BCUT2D eigenvalue weighted by molar-refractivity contribution is 5.59. The van der Waals surface area contributed by atoms with Gasteiger partial charge < -0.3 is 14.8 Å². The van der Waals surface area contributed by atoms with Gasteiger partial charge in [-0.25, -0.2) is 0 Å². The summed E-state index contributed by atoms with van der Waals surface area (Å²) in [6, 6.07) is 0.869. The number of hydrogen-bond acceptors (Lipinski definition) is 3. The molecule has 2 fully saturated rings. The third-order valence-electron chi connectivity index (χ3n) is 2.84. The van der Waals surface area contributed by atoms with Crippen molar-refractivity contribution in [2.45, 2.75) is 38.3 Å². The number of aldehydes is 1. The predicted molar refractivity (Wildman–Crippen MR) is 51.7 cm³/mol. The maximum atomic E-state index is 10.3. The molecule has 1 saturated heterocycles. The van der Waals surface area contributed by atoms with Crippen molar-refractivity contribution < 1.29 is 9.53 Å². The first-order valence-electron chi connectivity index (χ1n) is 5.02. The van der Waals surface area contributed by atoms with Crippen molar-refractivity contribution in [1.82, 2.24) is 5.32 Å². The summed E-state index contributed by atoms with van der Waals surface area (Å²) in [7, 11) is 1.68. The fourth-order valence-corrected chi connectivity index (χ4v) is 2.05. The first-order chi connectivity index (χ1) is 6.31. The van der Waals surface area contributed by atoms with Gasteiger partial charge in [-0.2, -0.15) is 0 Å². The van der Waals surface area contributed by atoms with Crippen LogP contribution in [0, 0.1) is 5.92 Å². The lowest BCUT2D eigenvalue weighted by Gasteiger charge is -2.16. The third-order valence-corrected chi connectivity index (χ3v) is 2.84. The Balaban J connectivity index is 0.000000184. The highest BCUT2D eigenvalue weighted by Gasteiger charge is 2.38. The van der Waals surface area contributed by atoms with Gasteiger partial charge in [0.15, 0.2) is 0 Å². The van der Waals surface area contributed by atoms with Crippen molar-refractivity contribution in [3.05, 3.63) is 0 Å². The molecule has 0 radical (unpaired) electrons. The molecule has 1 saturated carbocycles. The van der Waals surface area contributed by atoms with Crippen LogP contribution in [0.5, 0.6) is 0 Å². The van der Waals surface area contributed by atoms with Crippen molar-refractivity contribution in [2.24, 2.45) is 5.92 Å². The van der Waals surface area contributed by atoms with E-state index in [-0.39, 0.29) is 6.04 Å². The topological polar surface area (TPSA) is 38.3 Å². The van der Waals surface area contributed by atoms with Crippen LogP contribution in [-0.4, -0.2) is 32.1 Å². The summed E-state index contributed by atoms with van der Waals surface area (Å²) in [6.45, 7) is 2.78. The minimum Gasteiger partial charge on any atom is -0.385 e. The molecule has 0 aromatic rings. The van der Waals surface area contributed by atoms with E-state index in [4.69, 9.17) is 0 Å². The molecule has 3 atom stereocenters. The van der Waals surface area contributed by atoms with Gasteiger partial charge in [0.05, 0.1) is 6.04 Å². The molecular weight excluding hydrogens is 166 g/mol. The lowest BCUT2D eigenvalue weighted by molar-refractivity contribution is -0.110. The molecule has 2 aliphatic rings.